The van der Waals surface area contributed by atoms with Crippen LogP contribution in [-0.4, -0.2) is 15.7 Å². The normalized spacial score (nSPS) is 10.1. The molecule has 0 aliphatic rings. The lowest BCUT2D eigenvalue weighted by atomic mass is 10.2. The highest BCUT2D eigenvalue weighted by Gasteiger charge is 2.18. The lowest BCUT2D eigenvalue weighted by molar-refractivity contribution is -0.581. The zero-order valence-electron chi connectivity index (χ0n) is 17.8. The third-order valence-electron chi connectivity index (χ3n) is 4.75. The van der Waals surface area contributed by atoms with Crippen molar-refractivity contribution >= 4 is 17.6 Å². The average Bonchev–Trinajstić information content (AvgIpc) is 3.30. The van der Waals surface area contributed by atoms with Gasteiger partial charge in [0.05, 0.1) is 17.3 Å². The number of para-hydroxylation sites is 3. The molecule has 0 atom stereocenters. The van der Waals surface area contributed by atoms with Crippen LogP contribution in [0, 0.1) is 0 Å². The van der Waals surface area contributed by atoms with Crippen LogP contribution in [0.4, 0.5) is 11.6 Å². The van der Waals surface area contributed by atoms with Crippen LogP contribution in [0.1, 0.15) is 10.4 Å². The standard InChI is InChI=1S/C20H17N4.C7H6O2/c1-4-10-17(11-5-1)21-20-22-24(19-14-8-3-9-15-19)16-23(20)18-12-6-2-7-13-18;8-7(9)6-4-2-1-3-5-6/h1-16H,(H,21,22);1-5H,(H,8,9)/q+1;/p-1. The molecule has 6 heteroatoms. The van der Waals surface area contributed by atoms with E-state index in [0.29, 0.717) is 0 Å². The lowest BCUT2D eigenvalue weighted by Crippen LogP contribution is -2.31. The maximum absolute atomic E-state index is 10.1. The maximum Gasteiger partial charge on any atom is 0.387 e. The van der Waals surface area contributed by atoms with Gasteiger partial charge in [-0.05, 0) is 42.0 Å². The number of hydrogen-bond acceptors (Lipinski definition) is 4. The maximum atomic E-state index is 10.1. The Labute approximate surface area is 192 Å². The SMILES string of the molecule is O=C([O-])c1ccccc1.c1ccc(Nc2nn(-c3ccccc3)c[n+]2-c2ccccc2)cc1. The minimum absolute atomic E-state index is 0.220. The van der Waals surface area contributed by atoms with E-state index in [1.165, 1.54) is 12.1 Å². The number of carboxylic acids is 1. The van der Waals surface area contributed by atoms with Crippen molar-refractivity contribution in [3.8, 4) is 11.4 Å². The summed E-state index contributed by atoms with van der Waals surface area (Å²) in [6.45, 7) is 0. The molecule has 1 N–H and O–H groups in total. The second-order valence-electron chi connectivity index (χ2n) is 7.07. The van der Waals surface area contributed by atoms with Crippen LogP contribution in [0.2, 0.25) is 0 Å². The molecule has 33 heavy (non-hydrogen) atoms. The van der Waals surface area contributed by atoms with Crippen molar-refractivity contribution in [2.75, 3.05) is 5.32 Å². The Morgan fingerprint density at radius 3 is 1.79 bits per heavy atom. The number of rotatable bonds is 5. The van der Waals surface area contributed by atoms with Crippen LogP contribution >= 0.6 is 0 Å². The van der Waals surface area contributed by atoms with Gasteiger partial charge in [-0.2, -0.15) is 4.57 Å². The monoisotopic (exact) mass is 434 g/mol. The van der Waals surface area contributed by atoms with Crippen LogP contribution in [0.15, 0.2) is 128 Å². The summed E-state index contributed by atoms with van der Waals surface area (Å²) in [5, 5.41) is 18.2. The molecule has 5 aromatic rings. The summed E-state index contributed by atoms with van der Waals surface area (Å²) in [6, 6.07) is 38.4. The van der Waals surface area contributed by atoms with Gasteiger partial charge in [0.25, 0.3) is 0 Å². The van der Waals surface area contributed by atoms with Gasteiger partial charge in [-0.15, -0.1) is 4.68 Å². The third kappa shape index (κ3) is 5.71. The number of carbonyl (C=O) groups excluding carboxylic acids is 1. The van der Waals surface area contributed by atoms with Gasteiger partial charge in [0.2, 0.25) is 6.33 Å². The Kier molecular flexibility index (Phi) is 6.88. The first kappa shape index (κ1) is 21.5. The van der Waals surface area contributed by atoms with Gasteiger partial charge in [0, 0.05) is 5.10 Å². The van der Waals surface area contributed by atoms with E-state index in [1.807, 2.05) is 94.4 Å². The van der Waals surface area contributed by atoms with Gasteiger partial charge in [0.1, 0.15) is 5.69 Å². The first-order chi connectivity index (χ1) is 16.2. The van der Waals surface area contributed by atoms with E-state index >= 15 is 0 Å². The number of anilines is 2. The smallest absolute Gasteiger partial charge is 0.387 e. The second-order valence-corrected chi connectivity index (χ2v) is 7.07. The average molecular weight is 434 g/mol. The fourth-order valence-electron chi connectivity index (χ4n) is 3.13. The number of nitrogens with one attached hydrogen (secondary N) is 1. The summed E-state index contributed by atoms with van der Waals surface area (Å²) in [6.07, 6.45) is 1.98. The lowest BCUT2D eigenvalue weighted by Gasteiger charge is -2.01. The van der Waals surface area contributed by atoms with E-state index in [1.54, 1.807) is 18.2 Å². The Hall–Kier alpha value is -4.71. The van der Waals surface area contributed by atoms with Gasteiger partial charge in [-0.25, -0.2) is 0 Å². The van der Waals surface area contributed by atoms with Gasteiger partial charge in [0.15, 0.2) is 0 Å². The Balaban J connectivity index is 0.000000243. The van der Waals surface area contributed by atoms with Crippen LogP contribution in [-0.2, 0) is 0 Å². The largest absolute Gasteiger partial charge is 0.545 e. The minimum Gasteiger partial charge on any atom is -0.545 e. The number of aromatic carboxylic acids is 1. The molecule has 0 unspecified atom stereocenters. The second kappa shape index (κ2) is 10.5. The molecule has 1 heterocycles. The number of benzene rings is 4. The molecule has 162 valence electrons. The number of nitrogens with zero attached hydrogens (tertiary/aromatic N) is 3. The summed E-state index contributed by atoms with van der Waals surface area (Å²) >= 11 is 0. The molecule has 0 bridgehead atoms. The van der Waals surface area contributed by atoms with Crippen molar-refractivity contribution in [3.05, 3.63) is 133 Å². The van der Waals surface area contributed by atoms with Gasteiger partial charge >= 0.3 is 5.95 Å². The quantitative estimate of drug-likeness (QED) is 0.425. The van der Waals surface area contributed by atoms with Crippen LogP contribution in [0.3, 0.4) is 0 Å². The van der Waals surface area contributed by atoms with Crippen molar-refractivity contribution < 1.29 is 14.5 Å². The highest BCUT2D eigenvalue weighted by molar-refractivity contribution is 5.85. The number of carbonyl (C=O) groups is 1. The minimum atomic E-state index is -1.13. The van der Waals surface area contributed by atoms with E-state index in [0.717, 1.165) is 23.0 Å². The predicted octanol–water partition coefficient (Wildman–Crippen LogP) is 3.94. The van der Waals surface area contributed by atoms with Crippen LogP contribution in [0.25, 0.3) is 11.4 Å². The van der Waals surface area contributed by atoms with Crippen molar-refractivity contribution in [1.29, 1.82) is 0 Å². The summed E-state index contributed by atoms with van der Waals surface area (Å²) in [4.78, 5) is 10.1. The molecule has 0 fully saturated rings. The molecule has 4 aromatic carbocycles. The van der Waals surface area contributed by atoms with Gasteiger partial charge in [-0.3, -0.25) is 5.32 Å². The molecule has 0 radical (unpaired) electrons. The summed E-state index contributed by atoms with van der Waals surface area (Å²) in [5.74, 6) is -0.369. The van der Waals surface area contributed by atoms with E-state index in [2.05, 4.69) is 17.4 Å². The van der Waals surface area contributed by atoms with Gasteiger partial charge < -0.3 is 9.90 Å². The predicted molar refractivity (Wildman–Crippen MR) is 126 cm³/mol. The molecule has 5 rings (SSSR count). The summed E-state index contributed by atoms with van der Waals surface area (Å²) in [5.41, 5.74) is 3.29. The van der Waals surface area contributed by atoms with E-state index in [4.69, 9.17) is 5.10 Å². The molecule has 6 nitrogen and oxygen atoms in total. The fourth-order valence-corrected chi connectivity index (χ4v) is 3.13. The molecule has 0 aliphatic heterocycles. The summed E-state index contributed by atoms with van der Waals surface area (Å²) < 4.78 is 3.91. The zero-order chi connectivity index (χ0) is 22.9. The Bertz CT molecular complexity index is 1290. The van der Waals surface area contributed by atoms with E-state index in [-0.39, 0.29) is 5.56 Å². The Morgan fingerprint density at radius 2 is 1.24 bits per heavy atom. The van der Waals surface area contributed by atoms with Crippen molar-refractivity contribution in [2.24, 2.45) is 0 Å². The zero-order valence-corrected chi connectivity index (χ0v) is 17.8. The topological polar surface area (TPSA) is 73.9 Å². The fraction of sp³-hybridized carbons (Fsp3) is 0. The molecule has 1 aromatic heterocycles. The number of aromatic nitrogens is 3. The highest BCUT2D eigenvalue weighted by Crippen LogP contribution is 2.14. The van der Waals surface area contributed by atoms with Crippen molar-refractivity contribution in [2.45, 2.75) is 0 Å². The molecular formula is C27H22N4O2. The van der Waals surface area contributed by atoms with Crippen LogP contribution < -0.4 is 15.0 Å². The van der Waals surface area contributed by atoms with Gasteiger partial charge in [-0.1, -0.05) is 84.9 Å². The highest BCUT2D eigenvalue weighted by atomic mass is 16.4. The molecular weight excluding hydrogens is 412 g/mol. The summed E-state index contributed by atoms with van der Waals surface area (Å²) in [7, 11) is 0. The molecule has 0 saturated heterocycles. The van der Waals surface area contributed by atoms with Crippen molar-refractivity contribution in [1.82, 2.24) is 9.78 Å². The number of hydrogen-bond donors (Lipinski definition) is 1. The van der Waals surface area contributed by atoms with Crippen LogP contribution in [0.5, 0.6) is 0 Å². The first-order valence-corrected chi connectivity index (χ1v) is 10.4. The number of carboxylic acid groups (broad SMARTS) is 1. The third-order valence-corrected chi connectivity index (χ3v) is 4.75. The molecule has 0 amide bonds. The van der Waals surface area contributed by atoms with Crippen molar-refractivity contribution in [3.63, 3.8) is 0 Å². The van der Waals surface area contributed by atoms with E-state index in [9.17, 15) is 9.90 Å². The molecule has 0 aliphatic carbocycles. The Morgan fingerprint density at radius 1 is 0.727 bits per heavy atom. The molecule has 0 saturated carbocycles. The van der Waals surface area contributed by atoms with E-state index < -0.39 is 5.97 Å². The first-order valence-electron chi connectivity index (χ1n) is 10.4. The molecule has 0 spiro atoms.